The Kier molecular flexibility index (Phi) is 7.51. The van der Waals surface area contributed by atoms with Crippen LogP contribution >= 0.6 is 11.6 Å². The second-order valence-corrected chi connectivity index (χ2v) is 10.2. The van der Waals surface area contributed by atoms with Crippen LogP contribution in [-0.4, -0.2) is 49.9 Å². The van der Waals surface area contributed by atoms with Crippen molar-refractivity contribution in [2.24, 2.45) is 5.92 Å². The molecule has 0 radical (unpaired) electrons. The number of ketones is 1. The summed E-state index contributed by atoms with van der Waals surface area (Å²) in [6.45, 7) is 1.06. The molecule has 8 nitrogen and oxygen atoms in total. The van der Waals surface area contributed by atoms with Gasteiger partial charge in [-0.15, -0.1) is 0 Å². The fourth-order valence-corrected chi connectivity index (χ4v) is 5.14. The molecule has 1 aliphatic carbocycles. The summed E-state index contributed by atoms with van der Waals surface area (Å²) in [6.07, 6.45) is 5.01. The Morgan fingerprint density at radius 3 is 2.77 bits per heavy atom. The molecular weight excluding hydrogens is 442 g/mol. The van der Waals surface area contributed by atoms with E-state index in [1.54, 1.807) is 30.1 Å². The molecule has 1 unspecified atom stereocenters. The topological polar surface area (TPSA) is 107 Å². The number of rotatable bonds is 9. The molecule has 3 rings (SSSR count). The Morgan fingerprint density at radius 2 is 2.16 bits per heavy atom. The number of halogens is 1. The summed E-state index contributed by atoms with van der Waals surface area (Å²) in [4.78, 5) is 24.9. The Balaban J connectivity index is 1.83. The molecule has 0 spiro atoms. The molecule has 1 N–H and O–H groups in total. The highest BCUT2D eigenvalue weighted by molar-refractivity contribution is 7.90. The zero-order valence-corrected chi connectivity index (χ0v) is 19.1. The Morgan fingerprint density at radius 1 is 1.39 bits per heavy atom. The lowest BCUT2D eigenvalue weighted by molar-refractivity contribution is -0.119. The quantitative estimate of drug-likeness (QED) is 0.607. The van der Waals surface area contributed by atoms with Gasteiger partial charge in [0.1, 0.15) is 5.78 Å². The molecule has 1 heterocycles. The van der Waals surface area contributed by atoms with Gasteiger partial charge in [-0.25, -0.2) is 8.42 Å². The predicted octanol–water partition coefficient (Wildman–Crippen LogP) is 3.07. The molecule has 168 valence electrons. The van der Waals surface area contributed by atoms with Gasteiger partial charge in [-0.2, -0.15) is 5.10 Å². The van der Waals surface area contributed by atoms with Crippen LogP contribution in [0.3, 0.4) is 0 Å². The lowest BCUT2D eigenvalue weighted by Crippen LogP contribution is -2.24. The fraction of sp³-hybridized carbons (Fsp3) is 0.476. The number of anilines is 1. The average Bonchev–Trinajstić information content (AvgIpc) is 3.31. The smallest absolute Gasteiger partial charge is 0.233 e. The number of aromatic nitrogens is 2. The second-order valence-electron chi connectivity index (χ2n) is 7.84. The van der Waals surface area contributed by atoms with E-state index in [2.05, 4.69) is 10.4 Å². The van der Waals surface area contributed by atoms with E-state index in [9.17, 15) is 18.0 Å². The van der Waals surface area contributed by atoms with Crippen LogP contribution in [-0.2, 0) is 30.7 Å². The van der Waals surface area contributed by atoms with E-state index < -0.39 is 15.8 Å². The summed E-state index contributed by atoms with van der Waals surface area (Å²) in [5.74, 6) is -0.166. The van der Waals surface area contributed by atoms with E-state index in [-0.39, 0.29) is 27.5 Å². The predicted molar refractivity (Wildman–Crippen MR) is 117 cm³/mol. The number of amides is 1. The average molecular weight is 468 g/mol. The maximum atomic E-state index is 13.2. The fourth-order valence-electron chi connectivity index (χ4n) is 3.81. The van der Waals surface area contributed by atoms with Crippen molar-refractivity contribution in [3.8, 4) is 0 Å². The molecule has 10 heteroatoms. The standard InChI is InChI=1S/C21H26ClN3O5S/c1-30-10-9-25-8-7-20(24-25)23-21(27)17(12-14-3-5-16(26)11-14)15-4-6-19(18(22)13-15)31(2,28)29/h4,6-8,13-14,17H,3,5,9-12H2,1-2H3,(H,23,24,27)/t14-,17?/m0/s1. The number of ether oxygens (including phenoxy) is 1. The van der Waals surface area contributed by atoms with Crippen LogP contribution in [0, 0.1) is 5.92 Å². The molecule has 1 aliphatic rings. The number of hydrogen-bond donors (Lipinski definition) is 1. The van der Waals surface area contributed by atoms with E-state index in [1.807, 2.05) is 0 Å². The van der Waals surface area contributed by atoms with Crippen molar-refractivity contribution in [2.75, 3.05) is 25.3 Å². The van der Waals surface area contributed by atoms with Gasteiger partial charge in [0.15, 0.2) is 15.7 Å². The van der Waals surface area contributed by atoms with Gasteiger partial charge in [0.25, 0.3) is 0 Å². The number of nitrogens with zero attached hydrogens (tertiary/aromatic N) is 2. The first-order valence-electron chi connectivity index (χ1n) is 10.0. The lowest BCUT2D eigenvalue weighted by atomic mass is 9.87. The zero-order valence-electron chi connectivity index (χ0n) is 17.5. The molecule has 0 saturated heterocycles. The number of nitrogens with one attached hydrogen (secondary N) is 1. The highest BCUT2D eigenvalue weighted by atomic mass is 35.5. The zero-order chi connectivity index (χ0) is 22.6. The van der Waals surface area contributed by atoms with Gasteiger partial charge in [0.05, 0.1) is 29.0 Å². The minimum Gasteiger partial charge on any atom is -0.383 e. The van der Waals surface area contributed by atoms with Crippen molar-refractivity contribution < 1.29 is 22.7 Å². The van der Waals surface area contributed by atoms with Crippen LogP contribution in [0.4, 0.5) is 5.82 Å². The number of methoxy groups -OCH3 is 1. The summed E-state index contributed by atoms with van der Waals surface area (Å²) in [6, 6.07) is 6.26. The van der Waals surface area contributed by atoms with E-state index in [4.69, 9.17) is 16.3 Å². The van der Waals surface area contributed by atoms with Crippen LogP contribution in [0.1, 0.15) is 37.2 Å². The van der Waals surface area contributed by atoms with Gasteiger partial charge < -0.3 is 10.1 Å². The van der Waals surface area contributed by atoms with Gasteiger partial charge in [0.2, 0.25) is 5.91 Å². The summed E-state index contributed by atoms with van der Waals surface area (Å²) in [5, 5.41) is 7.22. The third kappa shape index (κ3) is 6.15. The van der Waals surface area contributed by atoms with Gasteiger partial charge in [-0.1, -0.05) is 17.7 Å². The first-order valence-corrected chi connectivity index (χ1v) is 12.3. The largest absolute Gasteiger partial charge is 0.383 e. The highest BCUT2D eigenvalue weighted by Gasteiger charge is 2.30. The van der Waals surface area contributed by atoms with Gasteiger partial charge in [-0.05, 0) is 36.5 Å². The molecule has 0 bridgehead atoms. The van der Waals surface area contributed by atoms with E-state index in [0.29, 0.717) is 43.8 Å². The van der Waals surface area contributed by atoms with Crippen LogP contribution in [0.25, 0.3) is 0 Å². The highest BCUT2D eigenvalue weighted by Crippen LogP contribution is 2.35. The molecule has 1 amide bonds. The third-order valence-corrected chi connectivity index (χ3v) is 6.99. The Bertz CT molecular complexity index is 1070. The normalized spacial score (nSPS) is 17.6. The van der Waals surface area contributed by atoms with Crippen molar-refractivity contribution in [2.45, 2.75) is 43.0 Å². The minimum atomic E-state index is -3.48. The molecule has 1 fully saturated rings. The van der Waals surface area contributed by atoms with Crippen LogP contribution in [0.2, 0.25) is 5.02 Å². The summed E-state index contributed by atoms with van der Waals surface area (Å²) in [7, 11) is -1.88. The molecule has 2 aromatic rings. The number of carbonyl (C=O) groups excluding carboxylic acids is 2. The first kappa shape index (κ1) is 23.4. The molecule has 1 aromatic heterocycles. The number of benzene rings is 1. The lowest BCUT2D eigenvalue weighted by Gasteiger charge is -2.20. The summed E-state index contributed by atoms with van der Waals surface area (Å²) < 4.78 is 30.5. The van der Waals surface area contributed by atoms with Gasteiger partial charge in [0, 0.05) is 38.5 Å². The number of hydrogen-bond acceptors (Lipinski definition) is 6. The first-order chi connectivity index (χ1) is 14.7. The van der Waals surface area contributed by atoms with Crippen molar-refractivity contribution in [1.29, 1.82) is 0 Å². The van der Waals surface area contributed by atoms with Gasteiger partial charge >= 0.3 is 0 Å². The molecule has 2 atom stereocenters. The van der Waals surface area contributed by atoms with Crippen molar-refractivity contribution >= 4 is 38.9 Å². The van der Waals surface area contributed by atoms with E-state index in [0.717, 1.165) is 12.7 Å². The minimum absolute atomic E-state index is 0.0185. The summed E-state index contributed by atoms with van der Waals surface area (Å²) in [5.41, 5.74) is 0.605. The van der Waals surface area contributed by atoms with Crippen LogP contribution in [0.15, 0.2) is 35.4 Å². The SMILES string of the molecule is COCCn1ccc(NC(=O)C(C[C@H]2CCC(=O)C2)c2ccc(S(C)(=O)=O)c(Cl)c2)n1. The molecular formula is C21H26ClN3O5S. The third-order valence-electron chi connectivity index (χ3n) is 5.41. The number of carbonyl (C=O) groups is 2. The Labute approximate surface area is 186 Å². The number of Topliss-reactive ketones (excluding diaryl/α,β-unsaturated/α-hetero) is 1. The molecule has 0 aliphatic heterocycles. The van der Waals surface area contributed by atoms with Crippen molar-refractivity contribution in [3.05, 3.63) is 41.0 Å². The van der Waals surface area contributed by atoms with Crippen LogP contribution in [0.5, 0.6) is 0 Å². The van der Waals surface area contributed by atoms with E-state index in [1.165, 1.54) is 12.1 Å². The maximum absolute atomic E-state index is 13.2. The number of sulfone groups is 1. The molecule has 31 heavy (non-hydrogen) atoms. The Hall–Kier alpha value is -2.23. The van der Waals surface area contributed by atoms with Crippen molar-refractivity contribution in [1.82, 2.24) is 9.78 Å². The van der Waals surface area contributed by atoms with E-state index >= 15 is 0 Å². The summed E-state index contributed by atoms with van der Waals surface area (Å²) >= 11 is 6.22. The van der Waals surface area contributed by atoms with Gasteiger partial charge in [-0.3, -0.25) is 14.3 Å². The van der Waals surface area contributed by atoms with Crippen LogP contribution < -0.4 is 5.32 Å². The molecule has 1 aromatic carbocycles. The maximum Gasteiger partial charge on any atom is 0.233 e. The molecule has 1 saturated carbocycles. The second kappa shape index (κ2) is 9.93. The van der Waals surface area contributed by atoms with Crippen molar-refractivity contribution in [3.63, 3.8) is 0 Å². The monoisotopic (exact) mass is 467 g/mol.